The summed E-state index contributed by atoms with van der Waals surface area (Å²) >= 11 is 6.06. The first-order valence-electron chi connectivity index (χ1n) is 11.2. The summed E-state index contributed by atoms with van der Waals surface area (Å²) in [7, 11) is 0. The second-order valence-corrected chi connectivity index (χ2v) is 8.96. The number of carbonyl (C=O) groups excluding carboxylic acids is 2. The van der Waals surface area contributed by atoms with Crippen LogP contribution < -0.4 is 10.2 Å². The molecule has 1 aromatic heterocycles. The molecule has 3 amide bonds. The summed E-state index contributed by atoms with van der Waals surface area (Å²) in [6, 6.07) is 29.0. The number of anilines is 1. The summed E-state index contributed by atoms with van der Waals surface area (Å²) in [6.07, 6.45) is 3.76. The summed E-state index contributed by atoms with van der Waals surface area (Å²) in [5.41, 5.74) is 3.75. The number of benzene rings is 4. The molecule has 5 aromatic rings. The van der Waals surface area contributed by atoms with Gasteiger partial charge in [-0.05, 0) is 52.7 Å². The lowest BCUT2D eigenvalue weighted by Crippen LogP contribution is -2.30. The molecule has 6 rings (SSSR count). The third kappa shape index (κ3) is 3.86. The minimum atomic E-state index is -0.497. The van der Waals surface area contributed by atoms with Crippen LogP contribution in [0.15, 0.2) is 103 Å². The summed E-state index contributed by atoms with van der Waals surface area (Å²) in [5.74, 6) is -0.413. The van der Waals surface area contributed by atoms with Crippen LogP contribution in [0.25, 0.3) is 27.8 Å². The van der Waals surface area contributed by atoms with Gasteiger partial charge in [0.05, 0.1) is 5.69 Å². The quantitative estimate of drug-likeness (QED) is 0.234. The summed E-state index contributed by atoms with van der Waals surface area (Å²) in [6.45, 7) is 0.684. The van der Waals surface area contributed by atoms with Gasteiger partial charge in [-0.1, -0.05) is 72.3 Å². The molecule has 1 aliphatic heterocycles. The Morgan fingerprint density at radius 1 is 0.829 bits per heavy atom. The van der Waals surface area contributed by atoms with Crippen LogP contribution in [0.1, 0.15) is 11.1 Å². The Kier molecular flexibility index (Phi) is 5.12. The van der Waals surface area contributed by atoms with Crippen molar-refractivity contribution in [1.29, 1.82) is 0 Å². The van der Waals surface area contributed by atoms with E-state index in [2.05, 4.69) is 46.3 Å². The number of hydrogen-bond donors (Lipinski definition) is 1. The monoisotopic (exact) mass is 477 g/mol. The van der Waals surface area contributed by atoms with Crippen molar-refractivity contribution in [2.24, 2.45) is 0 Å². The van der Waals surface area contributed by atoms with Gasteiger partial charge in [-0.15, -0.1) is 0 Å². The number of para-hydroxylation sites is 1. The van der Waals surface area contributed by atoms with Gasteiger partial charge in [0.1, 0.15) is 5.70 Å². The van der Waals surface area contributed by atoms with Crippen LogP contribution in [0.2, 0.25) is 5.02 Å². The Morgan fingerprint density at radius 2 is 1.63 bits per heavy atom. The molecule has 0 atom stereocenters. The molecule has 0 saturated carbocycles. The van der Waals surface area contributed by atoms with Gasteiger partial charge >= 0.3 is 6.03 Å². The number of urea groups is 1. The first kappa shape index (κ1) is 21.2. The third-order valence-corrected chi connectivity index (χ3v) is 6.47. The lowest BCUT2D eigenvalue weighted by Gasteiger charge is -2.11. The fourth-order valence-electron chi connectivity index (χ4n) is 4.60. The number of nitrogens with zero attached hydrogens (tertiary/aromatic N) is 2. The largest absolute Gasteiger partial charge is 0.342 e. The van der Waals surface area contributed by atoms with Gasteiger partial charge in [-0.25, -0.2) is 9.69 Å². The normalized spacial score (nSPS) is 14.9. The highest BCUT2D eigenvalue weighted by molar-refractivity contribution is 6.32. The molecule has 35 heavy (non-hydrogen) atoms. The van der Waals surface area contributed by atoms with Crippen LogP contribution >= 0.6 is 11.6 Å². The Morgan fingerprint density at radius 3 is 2.49 bits per heavy atom. The number of amides is 3. The average molecular weight is 478 g/mol. The van der Waals surface area contributed by atoms with Gasteiger partial charge in [-0.2, -0.15) is 0 Å². The van der Waals surface area contributed by atoms with E-state index >= 15 is 0 Å². The Hall–Kier alpha value is -4.35. The molecular weight excluding hydrogens is 458 g/mol. The van der Waals surface area contributed by atoms with Crippen LogP contribution in [-0.2, 0) is 11.3 Å². The standard InChI is InChI=1S/C29H20ClN3O2/c30-23-8-5-9-24(16-23)33-28(34)26(31-29(33)35)15-22-18-32(27-11-4-3-10-25(22)27)17-19-12-13-20-6-1-2-7-21(20)14-19/h1-16,18H,17H2,(H,31,35)/b26-15+. The summed E-state index contributed by atoms with van der Waals surface area (Å²) < 4.78 is 2.17. The van der Waals surface area contributed by atoms with Crippen LogP contribution in [0.5, 0.6) is 0 Å². The predicted octanol–water partition coefficient (Wildman–Crippen LogP) is 6.59. The first-order chi connectivity index (χ1) is 17.1. The van der Waals surface area contributed by atoms with Crippen LogP contribution in [0.4, 0.5) is 10.5 Å². The van der Waals surface area contributed by atoms with Gasteiger partial charge < -0.3 is 9.88 Å². The zero-order chi connectivity index (χ0) is 23.9. The molecule has 1 saturated heterocycles. The summed E-state index contributed by atoms with van der Waals surface area (Å²) in [5, 5.41) is 6.58. The molecule has 5 nitrogen and oxygen atoms in total. The van der Waals surface area contributed by atoms with Crippen molar-refractivity contribution < 1.29 is 9.59 Å². The maximum Gasteiger partial charge on any atom is 0.333 e. The number of fused-ring (bicyclic) bond motifs is 2. The lowest BCUT2D eigenvalue weighted by molar-refractivity contribution is -0.113. The second-order valence-electron chi connectivity index (χ2n) is 8.52. The molecular formula is C29H20ClN3O2. The van der Waals surface area contributed by atoms with Crippen molar-refractivity contribution in [2.45, 2.75) is 6.54 Å². The fraction of sp³-hybridized carbons (Fsp3) is 0.0345. The number of carbonyl (C=O) groups is 2. The van der Waals surface area contributed by atoms with E-state index < -0.39 is 11.9 Å². The predicted molar refractivity (Wildman–Crippen MR) is 140 cm³/mol. The molecule has 0 spiro atoms. The number of hydrogen-bond acceptors (Lipinski definition) is 2. The maximum absolute atomic E-state index is 13.1. The van der Waals surface area contributed by atoms with E-state index in [0.29, 0.717) is 17.3 Å². The SMILES string of the molecule is O=C1N/C(=C/c2cn(Cc3ccc4ccccc4c3)c3ccccc23)C(=O)N1c1cccc(Cl)c1. The van der Waals surface area contributed by atoms with Crippen molar-refractivity contribution >= 4 is 57.0 Å². The lowest BCUT2D eigenvalue weighted by atomic mass is 10.1. The number of aromatic nitrogens is 1. The number of halogens is 1. The minimum absolute atomic E-state index is 0.226. The third-order valence-electron chi connectivity index (χ3n) is 6.23. The molecule has 2 heterocycles. The molecule has 0 unspecified atom stereocenters. The minimum Gasteiger partial charge on any atom is -0.342 e. The van der Waals surface area contributed by atoms with Gasteiger partial charge in [0, 0.05) is 34.2 Å². The van der Waals surface area contributed by atoms with Gasteiger partial charge in [0.15, 0.2) is 0 Å². The average Bonchev–Trinajstić information content (AvgIpc) is 3.35. The van der Waals surface area contributed by atoms with E-state index in [-0.39, 0.29) is 5.70 Å². The van der Waals surface area contributed by atoms with Crippen molar-refractivity contribution in [2.75, 3.05) is 4.90 Å². The van der Waals surface area contributed by atoms with E-state index in [1.807, 2.05) is 36.5 Å². The Labute approximate surface area is 206 Å². The first-order valence-corrected chi connectivity index (χ1v) is 11.6. The Bertz CT molecular complexity index is 1670. The van der Waals surface area contributed by atoms with E-state index in [1.54, 1.807) is 30.3 Å². The van der Waals surface area contributed by atoms with Crippen LogP contribution in [0.3, 0.4) is 0 Å². The highest BCUT2D eigenvalue weighted by atomic mass is 35.5. The molecule has 1 aliphatic rings. The Balaban J connectivity index is 1.37. The van der Waals surface area contributed by atoms with E-state index in [9.17, 15) is 9.59 Å². The molecule has 4 aromatic carbocycles. The smallest absolute Gasteiger partial charge is 0.333 e. The topological polar surface area (TPSA) is 54.3 Å². The summed E-state index contributed by atoms with van der Waals surface area (Å²) in [4.78, 5) is 26.8. The molecule has 0 aliphatic carbocycles. The van der Waals surface area contributed by atoms with Crippen LogP contribution in [-0.4, -0.2) is 16.5 Å². The highest BCUT2D eigenvalue weighted by Gasteiger charge is 2.35. The van der Waals surface area contributed by atoms with Crippen molar-refractivity contribution in [3.63, 3.8) is 0 Å². The number of imide groups is 1. The molecule has 0 bridgehead atoms. The maximum atomic E-state index is 13.1. The van der Waals surface area contributed by atoms with E-state index in [4.69, 9.17) is 11.6 Å². The van der Waals surface area contributed by atoms with E-state index in [0.717, 1.165) is 21.4 Å². The second kappa shape index (κ2) is 8.46. The highest BCUT2D eigenvalue weighted by Crippen LogP contribution is 2.28. The van der Waals surface area contributed by atoms with Gasteiger partial charge in [-0.3, -0.25) is 4.79 Å². The van der Waals surface area contributed by atoms with Crippen LogP contribution in [0, 0.1) is 0 Å². The zero-order valence-corrected chi connectivity index (χ0v) is 19.4. The van der Waals surface area contributed by atoms with Crippen molar-refractivity contribution in [3.8, 4) is 0 Å². The number of nitrogens with one attached hydrogen (secondary N) is 1. The molecule has 1 N–H and O–H groups in total. The van der Waals surface area contributed by atoms with Gasteiger partial charge in [0.25, 0.3) is 5.91 Å². The molecule has 170 valence electrons. The molecule has 6 heteroatoms. The fourth-order valence-corrected chi connectivity index (χ4v) is 4.78. The van der Waals surface area contributed by atoms with Gasteiger partial charge in [0.2, 0.25) is 0 Å². The molecule has 1 fully saturated rings. The zero-order valence-electron chi connectivity index (χ0n) is 18.6. The number of rotatable bonds is 4. The van der Waals surface area contributed by atoms with Crippen molar-refractivity contribution in [3.05, 3.63) is 119 Å². The van der Waals surface area contributed by atoms with Crippen molar-refractivity contribution in [1.82, 2.24) is 9.88 Å². The van der Waals surface area contributed by atoms with E-state index in [1.165, 1.54) is 16.3 Å². The molecule has 0 radical (unpaired) electrons.